The molecule has 8 aromatic rings. The van der Waals surface area contributed by atoms with E-state index >= 15 is 0 Å². The maximum absolute atomic E-state index is 13.9. The van der Waals surface area contributed by atoms with Crippen molar-refractivity contribution in [2.24, 2.45) is 0 Å². The fourth-order valence-electron chi connectivity index (χ4n) is 7.37. The van der Waals surface area contributed by atoms with Crippen molar-refractivity contribution in [3.05, 3.63) is 203 Å². The number of halogens is 1. The number of nitrogens with one attached hydrogen (secondary N) is 1. The number of hydrogen-bond donors (Lipinski definition) is 1. The highest BCUT2D eigenvalue weighted by Crippen LogP contribution is 2.40. The lowest BCUT2D eigenvalue weighted by molar-refractivity contribution is 0.414. The van der Waals surface area contributed by atoms with E-state index in [0.29, 0.717) is 12.8 Å². The summed E-state index contributed by atoms with van der Waals surface area (Å²) in [6.07, 6.45) is 8.93. The first-order valence-corrected chi connectivity index (χ1v) is 17.6. The fourth-order valence-corrected chi connectivity index (χ4v) is 7.37. The average molecular weight is 687 g/mol. The Morgan fingerprint density at radius 2 is 1.35 bits per heavy atom. The van der Waals surface area contributed by atoms with Crippen LogP contribution in [0, 0.1) is 5.82 Å². The number of nitrogens with zero attached hydrogens (tertiary/aromatic N) is 5. The van der Waals surface area contributed by atoms with Crippen LogP contribution in [0.2, 0.25) is 0 Å². The van der Waals surface area contributed by atoms with Gasteiger partial charge in [0.05, 0.1) is 19.1 Å². The van der Waals surface area contributed by atoms with E-state index in [0.717, 1.165) is 81.2 Å². The zero-order valence-corrected chi connectivity index (χ0v) is 29.0. The van der Waals surface area contributed by atoms with Gasteiger partial charge in [-0.15, -0.1) is 10.2 Å². The average Bonchev–Trinajstić information content (AvgIpc) is 3.93. The van der Waals surface area contributed by atoms with Crippen LogP contribution < -0.4 is 4.74 Å². The van der Waals surface area contributed by atoms with Crippen LogP contribution in [-0.4, -0.2) is 36.4 Å². The Morgan fingerprint density at radius 3 is 1.96 bits per heavy atom. The molecule has 0 saturated heterocycles. The third-order valence-electron chi connectivity index (χ3n) is 9.92. The van der Waals surface area contributed by atoms with Gasteiger partial charge in [0, 0.05) is 42.7 Å². The number of ether oxygens (including phenoxy) is 1. The fraction of sp³-hybridized carbons (Fsp3) is 0.159. The predicted octanol–water partition coefficient (Wildman–Crippen LogP) is 8.76. The number of imidazole rings is 1. The highest BCUT2D eigenvalue weighted by molar-refractivity contribution is 5.83. The van der Waals surface area contributed by atoms with Crippen LogP contribution in [0.3, 0.4) is 0 Å². The molecule has 0 unspecified atom stereocenters. The van der Waals surface area contributed by atoms with E-state index in [9.17, 15) is 4.39 Å². The van der Waals surface area contributed by atoms with Gasteiger partial charge in [0.1, 0.15) is 28.8 Å². The topological polar surface area (TPSA) is 73.6 Å². The summed E-state index contributed by atoms with van der Waals surface area (Å²) in [6.45, 7) is 0.721. The molecule has 7 nitrogen and oxygen atoms in total. The summed E-state index contributed by atoms with van der Waals surface area (Å²) >= 11 is 0. The lowest BCUT2D eigenvalue weighted by Crippen LogP contribution is -2.36. The predicted molar refractivity (Wildman–Crippen MR) is 202 cm³/mol. The molecule has 258 valence electrons. The Labute approximate surface area is 302 Å². The first kappa shape index (κ1) is 32.9. The molecule has 52 heavy (non-hydrogen) atoms. The van der Waals surface area contributed by atoms with Crippen molar-refractivity contribution in [1.29, 1.82) is 0 Å². The van der Waals surface area contributed by atoms with Gasteiger partial charge >= 0.3 is 0 Å². The molecule has 3 heterocycles. The summed E-state index contributed by atoms with van der Waals surface area (Å²) in [5, 5.41) is 10.4. The Morgan fingerprint density at radius 1 is 0.731 bits per heavy atom. The van der Waals surface area contributed by atoms with Gasteiger partial charge in [0.25, 0.3) is 0 Å². The number of H-pyrrole nitrogens is 1. The summed E-state index contributed by atoms with van der Waals surface area (Å²) in [4.78, 5) is 8.20. The van der Waals surface area contributed by atoms with Crippen LogP contribution in [0.5, 0.6) is 5.75 Å². The SMILES string of the molecule is COc1ccc(Cc2nnc(Cc3c[nH]c4cc(F)ccc34)n2CCCc2cn(C(c3ccccc3)(c3ccccc3)c3ccccc3)cn2)cc1. The Kier molecular flexibility index (Phi) is 9.19. The molecule has 5 aromatic carbocycles. The second-order valence-electron chi connectivity index (χ2n) is 13.1. The van der Waals surface area contributed by atoms with E-state index < -0.39 is 5.54 Å². The molecule has 0 aliphatic carbocycles. The van der Waals surface area contributed by atoms with Gasteiger partial charge in [-0.05, 0) is 71.0 Å². The van der Waals surface area contributed by atoms with Crippen molar-refractivity contribution < 1.29 is 9.13 Å². The van der Waals surface area contributed by atoms with Gasteiger partial charge in [0.15, 0.2) is 0 Å². The van der Waals surface area contributed by atoms with E-state index in [4.69, 9.17) is 9.72 Å². The van der Waals surface area contributed by atoms with Crippen molar-refractivity contribution in [1.82, 2.24) is 29.3 Å². The van der Waals surface area contributed by atoms with Crippen LogP contribution in [0.25, 0.3) is 10.9 Å². The Bertz CT molecular complexity index is 2280. The summed E-state index contributed by atoms with van der Waals surface area (Å²) in [5.74, 6) is 2.32. The lowest BCUT2D eigenvalue weighted by atomic mass is 9.77. The molecular weight excluding hydrogens is 648 g/mol. The summed E-state index contributed by atoms with van der Waals surface area (Å²) in [7, 11) is 1.67. The van der Waals surface area contributed by atoms with Crippen molar-refractivity contribution >= 4 is 10.9 Å². The molecule has 3 aromatic heterocycles. The largest absolute Gasteiger partial charge is 0.497 e. The number of aromatic nitrogens is 6. The number of rotatable bonds is 13. The van der Waals surface area contributed by atoms with Crippen molar-refractivity contribution in [2.45, 2.75) is 37.8 Å². The van der Waals surface area contributed by atoms with Gasteiger partial charge in [-0.1, -0.05) is 103 Å². The number of benzene rings is 5. The number of aromatic amines is 1. The number of methoxy groups -OCH3 is 1. The second kappa shape index (κ2) is 14.5. The van der Waals surface area contributed by atoms with Gasteiger partial charge < -0.3 is 18.9 Å². The quantitative estimate of drug-likeness (QED) is 0.123. The van der Waals surface area contributed by atoms with Crippen LogP contribution in [-0.2, 0) is 31.3 Å². The minimum absolute atomic E-state index is 0.262. The molecule has 0 saturated carbocycles. The summed E-state index contributed by atoms with van der Waals surface area (Å²) in [6, 6.07) is 44.9. The standard InChI is InChI=1S/C44H39FN6O/c1-52-39-22-19-32(20-23-39)26-42-48-49-43(27-33-29-46-41-28-37(45)21-24-40(33)41)51(42)25-11-18-38-30-50(31-47-38)44(34-12-5-2-6-13-34,35-14-7-3-8-15-35)36-16-9-4-10-17-36/h2-10,12-17,19-24,28-31,46H,11,18,25-27H2,1H3. The highest BCUT2D eigenvalue weighted by atomic mass is 19.1. The van der Waals surface area contributed by atoms with Gasteiger partial charge in [-0.25, -0.2) is 9.37 Å². The Balaban J connectivity index is 1.10. The molecule has 0 amide bonds. The molecule has 0 spiro atoms. The first-order valence-electron chi connectivity index (χ1n) is 17.6. The number of hydrogen-bond acceptors (Lipinski definition) is 4. The van der Waals surface area contributed by atoms with E-state index in [1.807, 2.05) is 30.7 Å². The van der Waals surface area contributed by atoms with Crippen molar-refractivity contribution in [2.75, 3.05) is 7.11 Å². The molecule has 8 heteroatoms. The zero-order valence-electron chi connectivity index (χ0n) is 29.0. The summed E-state index contributed by atoms with van der Waals surface area (Å²) < 4.78 is 23.8. The van der Waals surface area contributed by atoms with Crippen molar-refractivity contribution in [3.63, 3.8) is 0 Å². The molecule has 0 atom stereocenters. The molecular formula is C44H39FN6O. The number of fused-ring (bicyclic) bond motifs is 1. The monoisotopic (exact) mass is 686 g/mol. The maximum Gasteiger partial charge on any atom is 0.137 e. The van der Waals surface area contributed by atoms with E-state index in [-0.39, 0.29) is 5.82 Å². The normalized spacial score (nSPS) is 11.7. The minimum atomic E-state index is -0.607. The molecule has 1 N–H and O–H groups in total. The third-order valence-corrected chi connectivity index (χ3v) is 9.92. The Hall–Kier alpha value is -6.28. The second-order valence-corrected chi connectivity index (χ2v) is 13.1. The molecule has 8 rings (SSSR count). The minimum Gasteiger partial charge on any atom is -0.497 e. The van der Waals surface area contributed by atoms with E-state index in [2.05, 4.69) is 134 Å². The van der Waals surface area contributed by atoms with Crippen LogP contribution >= 0.6 is 0 Å². The van der Waals surface area contributed by atoms with Gasteiger partial charge in [-0.2, -0.15) is 0 Å². The lowest BCUT2D eigenvalue weighted by Gasteiger charge is -2.37. The molecule has 0 aliphatic heterocycles. The number of aryl methyl sites for hydroxylation is 1. The molecule has 0 radical (unpaired) electrons. The van der Waals surface area contributed by atoms with E-state index in [1.54, 1.807) is 7.11 Å². The molecule has 0 aliphatic rings. The molecule has 0 fully saturated rings. The van der Waals surface area contributed by atoms with Crippen molar-refractivity contribution in [3.8, 4) is 5.75 Å². The maximum atomic E-state index is 13.9. The van der Waals surface area contributed by atoms with Crippen LogP contribution in [0.1, 0.15) is 51.6 Å². The molecule has 0 bridgehead atoms. The summed E-state index contributed by atoms with van der Waals surface area (Å²) in [5.41, 5.74) is 6.84. The first-order chi connectivity index (χ1) is 25.6. The smallest absolute Gasteiger partial charge is 0.137 e. The van der Waals surface area contributed by atoms with Gasteiger partial charge in [-0.3, -0.25) is 0 Å². The van der Waals surface area contributed by atoms with Crippen LogP contribution in [0.15, 0.2) is 152 Å². The van der Waals surface area contributed by atoms with Crippen LogP contribution in [0.4, 0.5) is 4.39 Å². The van der Waals surface area contributed by atoms with E-state index in [1.165, 1.54) is 12.1 Å². The zero-order chi connectivity index (χ0) is 35.3. The van der Waals surface area contributed by atoms with Gasteiger partial charge in [0.2, 0.25) is 0 Å². The highest BCUT2D eigenvalue weighted by Gasteiger charge is 2.38. The third kappa shape index (κ3) is 6.39.